The van der Waals surface area contributed by atoms with Crippen LogP contribution < -0.4 is 10.6 Å². The van der Waals surface area contributed by atoms with E-state index in [9.17, 15) is 14.7 Å². The first-order chi connectivity index (χ1) is 16.5. The maximum absolute atomic E-state index is 13.0. The molecule has 180 valence electrons. The molecule has 0 spiro atoms. The third kappa shape index (κ3) is 5.16. The van der Waals surface area contributed by atoms with Crippen molar-refractivity contribution in [3.05, 3.63) is 70.6 Å². The Labute approximate surface area is 201 Å². The predicted octanol–water partition coefficient (Wildman–Crippen LogP) is 4.85. The third-order valence-electron chi connectivity index (χ3n) is 5.34. The topological polar surface area (TPSA) is 148 Å². The number of ketones is 1. The highest BCUT2D eigenvalue weighted by Crippen LogP contribution is 2.25. The van der Waals surface area contributed by atoms with Crippen LogP contribution >= 0.6 is 0 Å². The highest BCUT2D eigenvalue weighted by molar-refractivity contribution is 6.09. The number of fused-ring (bicyclic) bond motifs is 1. The number of hydrogen-bond acceptors (Lipinski definition) is 6. The summed E-state index contributed by atoms with van der Waals surface area (Å²) >= 11 is 0. The predicted molar refractivity (Wildman–Crippen MR) is 134 cm³/mol. The SMILES string of the molecule is C=N/C(=C\c1cc(C(=O)c2cc3cc(O)ccc3[nH]2)[nH]c1C)NC(=O)Nc1cc(C(C)(C)C)on1. The van der Waals surface area contributed by atoms with E-state index < -0.39 is 6.03 Å². The highest BCUT2D eigenvalue weighted by atomic mass is 16.5. The van der Waals surface area contributed by atoms with Gasteiger partial charge in [0, 0.05) is 28.1 Å². The Bertz CT molecular complexity index is 1460. The quantitative estimate of drug-likeness (QED) is 0.200. The molecule has 2 amide bonds. The maximum Gasteiger partial charge on any atom is 0.326 e. The number of aryl methyl sites for hydroxylation is 1. The summed E-state index contributed by atoms with van der Waals surface area (Å²) in [6.07, 6.45) is 1.60. The Hall–Kier alpha value is -4.60. The van der Waals surface area contributed by atoms with Crippen molar-refractivity contribution in [2.75, 3.05) is 5.32 Å². The van der Waals surface area contributed by atoms with E-state index in [1.165, 1.54) is 0 Å². The second kappa shape index (κ2) is 8.98. The number of phenols is 1. The molecule has 3 heterocycles. The summed E-state index contributed by atoms with van der Waals surface area (Å²) in [7, 11) is 0. The van der Waals surface area contributed by atoms with Crippen LogP contribution in [-0.4, -0.2) is 38.8 Å². The van der Waals surface area contributed by atoms with Gasteiger partial charge in [-0.25, -0.2) is 9.79 Å². The number of nitrogens with zero attached hydrogens (tertiary/aromatic N) is 2. The van der Waals surface area contributed by atoms with Crippen molar-refractivity contribution in [2.24, 2.45) is 4.99 Å². The summed E-state index contributed by atoms with van der Waals surface area (Å²) in [6, 6.07) is 9.27. The number of aliphatic imine (C=N–C) groups is 1. The second-order valence-corrected chi connectivity index (χ2v) is 9.14. The molecule has 3 aromatic heterocycles. The van der Waals surface area contributed by atoms with Gasteiger partial charge in [-0.1, -0.05) is 25.9 Å². The van der Waals surface area contributed by atoms with Gasteiger partial charge in [0.25, 0.3) is 0 Å². The van der Waals surface area contributed by atoms with Crippen molar-refractivity contribution < 1.29 is 19.2 Å². The van der Waals surface area contributed by atoms with E-state index in [-0.39, 0.29) is 28.6 Å². The Morgan fingerprint density at radius 1 is 1.14 bits per heavy atom. The molecule has 0 fully saturated rings. The average molecular weight is 475 g/mol. The first-order valence-corrected chi connectivity index (χ1v) is 10.8. The van der Waals surface area contributed by atoms with Crippen LogP contribution in [0.1, 0.15) is 54.0 Å². The summed E-state index contributed by atoms with van der Waals surface area (Å²) in [5.74, 6) is 0.968. The Balaban J connectivity index is 1.49. The van der Waals surface area contributed by atoms with Crippen LogP contribution in [-0.2, 0) is 5.41 Å². The molecule has 0 radical (unpaired) electrons. The fourth-order valence-corrected chi connectivity index (χ4v) is 3.45. The van der Waals surface area contributed by atoms with Crippen LogP contribution in [0.15, 0.2) is 51.7 Å². The lowest BCUT2D eigenvalue weighted by molar-refractivity contribution is 0.103. The van der Waals surface area contributed by atoms with Gasteiger partial charge in [-0.3, -0.25) is 15.4 Å². The fraction of sp³-hybridized carbons (Fsp3) is 0.200. The number of aromatic nitrogens is 3. The van der Waals surface area contributed by atoms with Crippen LogP contribution in [0.3, 0.4) is 0 Å². The minimum Gasteiger partial charge on any atom is -0.508 e. The van der Waals surface area contributed by atoms with Crippen LogP contribution in [0.25, 0.3) is 17.0 Å². The number of anilines is 1. The number of phenolic OH excluding ortho intramolecular Hbond substituents is 1. The van der Waals surface area contributed by atoms with Crippen LogP contribution in [0.4, 0.5) is 10.6 Å². The molecule has 0 aliphatic rings. The maximum atomic E-state index is 13.0. The summed E-state index contributed by atoms with van der Waals surface area (Å²) in [5, 5.41) is 19.4. The van der Waals surface area contributed by atoms with E-state index in [1.807, 2.05) is 20.8 Å². The summed E-state index contributed by atoms with van der Waals surface area (Å²) < 4.78 is 5.27. The van der Waals surface area contributed by atoms with Gasteiger partial charge >= 0.3 is 6.03 Å². The number of benzene rings is 1. The van der Waals surface area contributed by atoms with Gasteiger partial charge in [0.05, 0.1) is 11.4 Å². The summed E-state index contributed by atoms with van der Waals surface area (Å²) in [4.78, 5) is 35.4. The Kier molecular flexibility index (Phi) is 6.04. The number of aromatic hydroxyl groups is 1. The average Bonchev–Trinajstić information content (AvgIpc) is 3.51. The van der Waals surface area contributed by atoms with E-state index in [4.69, 9.17) is 4.52 Å². The van der Waals surface area contributed by atoms with Gasteiger partial charge in [-0.15, -0.1) is 0 Å². The van der Waals surface area contributed by atoms with Crippen molar-refractivity contribution in [3.8, 4) is 5.75 Å². The minimum absolute atomic E-state index is 0.123. The smallest absolute Gasteiger partial charge is 0.326 e. The molecule has 4 rings (SSSR count). The van der Waals surface area contributed by atoms with Crippen molar-refractivity contribution >= 4 is 41.3 Å². The number of urea groups is 1. The van der Waals surface area contributed by atoms with Crippen LogP contribution in [0, 0.1) is 6.92 Å². The van der Waals surface area contributed by atoms with Gasteiger partial charge < -0.3 is 19.6 Å². The normalized spacial score (nSPS) is 12.1. The molecule has 1 aromatic carbocycles. The van der Waals surface area contributed by atoms with Gasteiger partial charge in [-0.2, -0.15) is 0 Å². The largest absolute Gasteiger partial charge is 0.508 e. The number of aromatic amines is 2. The van der Waals surface area contributed by atoms with E-state index >= 15 is 0 Å². The number of H-pyrrole nitrogens is 2. The van der Waals surface area contributed by atoms with Crippen molar-refractivity contribution in [1.29, 1.82) is 0 Å². The number of amides is 2. The van der Waals surface area contributed by atoms with E-state index in [0.29, 0.717) is 28.4 Å². The van der Waals surface area contributed by atoms with E-state index in [0.717, 1.165) is 10.9 Å². The molecule has 10 nitrogen and oxygen atoms in total. The molecule has 0 aliphatic carbocycles. The molecule has 0 saturated heterocycles. The van der Waals surface area contributed by atoms with Crippen LogP contribution in [0.5, 0.6) is 5.75 Å². The second-order valence-electron chi connectivity index (χ2n) is 9.14. The molecule has 10 heteroatoms. The first-order valence-electron chi connectivity index (χ1n) is 10.8. The monoisotopic (exact) mass is 474 g/mol. The zero-order valence-corrected chi connectivity index (χ0v) is 19.8. The molecule has 4 aromatic rings. The number of nitrogens with one attached hydrogen (secondary N) is 4. The molecule has 0 atom stereocenters. The van der Waals surface area contributed by atoms with Crippen LogP contribution in [0.2, 0.25) is 0 Å². The number of rotatable bonds is 6. The molecule has 0 aliphatic heterocycles. The minimum atomic E-state index is -0.566. The standard InChI is InChI=1S/C25H26N6O4/c1-13-14(9-18(27-13)23(33)19-10-15-8-16(32)6-7-17(15)28-19)11-21(26-5)29-24(34)30-22-12-20(35-31-22)25(2,3)4/h6-12,27-28,32H,5H2,1-4H3,(H2,29,30,31,34)/b21-11+. The lowest BCUT2D eigenvalue weighted by Crippen LogP contribution is -2.27. The Morgan fingerprint density at radius 3 is 2.57 bits per heavy atom. The van der Waals surface area contributed by atoms with Gasteiger partial charge in [0.15, 0.2) is 5.82 Å². The molecule has 0 saturated carbocycles. The molecular formula is C25H26N6O4. The highest BCUT2D eigenvalue weighted by Gasteiger charge is 2.21. The molecule has 35 heavy (non-hydrogen) atoms. The fourth-order valence-electron chi connectivity index (χ4n) is 3.45. The molecular weight excluding hydrogens is 448 g/mol. The number of hydrogen-bond donors (Lipinski definition) is 5. The summed E-state index contributed by atoms with van der Waals surface area (Å²) in [6.45, 7) is 11.2. The lowest BCUT2D eigenvalue weighted by atomic mass is 9.93. The van der Waals surface area contributed by atoms with Gasteiger partial charge in [0.2, 0.25) is 5.78 Å². The van der Waals surface area contributed by atoms with Gasteiger partial charge in [0.1, 0.15) is 17.3 Å². The van der Waals surface area contributed by atoms with Crippen molar-refractivity contribution in [2.45, 2.75) is 33.1 Å². The zero-order valence-electron chi connectivity index (χ0n) is 19.8. The first kappa shape index (κ1) is 23.6. The third-order valence-corrected chi connectivity index (χ3v) is 5.34. The van der Waals surface area contributed by atoms with E-state index in [1.54, 1.807) is 49.4 Å². The summed E-state index contributed by atoms with van der Waals surface area (Å²) in [5.41, 5.74) is 2.59. The molecule has 5 N–H and O–H groups in total. The number of carbonyl (C=O) groups is 2. The van der Waals surface area contributed by atoms with E-state index in [2.05, 4.69) is 37.5 Å². The number of carbonyl (C=O) groups excluding carboxylic acids is 2. The van der Waals surface area contributed by atoms with Gasteiger partial charge in [-0.05, 0) is 55.6 Å². The molecule has 0 bridgehead atoms. The van der Waals surface area contributed by atoms with Crippen molar-refractivity contribution in [3.63, 3.8) is 0 Å². The van der Waals surface area contributed by atoms with Crippen molar-refractivity contribution in [1.82, 2.24) is 20.4 Å². The lowest BCUT2D eigenvalue weighted by Gasteiger charge is -2.12. The molecule has 0 unspecified atom stereocenters. The zero-order chi connectivity index (χ0) is 25.3. The Morgan fingerprint density at radius 2 is 1.89 bits per heavy atom.